The van der Waals surface area contributed by atoms with Gasteiger partial charge in [-0.25, -0.2) is 0 Å². The summed E-state index contributed by atoms with van der Waals surface area (Å²) < 4.78 is 0. The fourth-order valence-corrected chi connectivity index (χ4v) is 0.489. The molecule has 1 atom stereocenters. The highest BCUT2D eigenvalue weighted by Gasteiger charge is 2.04. The Morgan fingerprint density at radius 1 is 1.88 bits per heavy atom. The van der Waals surface area contributed by atoms with Gasteiger partial charge >= 0.3 is 0 Å². The maximum atomic E-state index is 10.0. The maximum Gasteiger partial charge on any atom is 0.0821 e. The van der Waals surface area contributed by atoms with Crippen LogP contribution in [-0.4, -0.2) is 12.5 Å². The minimum Gasteiger partial charge on any atom is -0.550 e. The third-order valence-electron chi connectivity index (χ3n) is 1.17. The molecular weight excluding hydrogens is 106 g/mol. The second-order valence-electron chi connectivity index (χ2n) is 1.71. The highest BCUT2D eigenvalue weighted by atomic mass is 16.4. The largest absolute Gasteiger partial charge is 0.550 e. The van der Waals surface area contributed by atoms with Gasteiger partial charge in [-0.05, 0) is 6.42 Å². The molecule has 0 aliphatic rings. The number of carboxylic acids is 1. The first-order valence-electron chi connectivity index (χ1n) is 2.72. The van der Waals surface area contributed by atoms with Gasteiger partial charge in [0.15, 0.2) is 0 Å². The molecule has 0 spiro atoms. The maximum absolute atomic E-state index is 10.0. The molecule has 3 N–H and O–H groups in total. The van der Waals surface area contributed by atoms with Crippen molar-refractivity contribution in [2.75, 3.05) is 6.54 Å². The van der Waals surface area contributed by atoms with Crippen LogP contribution in [0.25, 0.3) is 0 Å². The van der Waals surface area contributed by atoms with E-state index in [1.165, 1.54) is 0 Å². The predicted molar refractivity (Wildman–Crippen MR) is 26.5 cm³/mol. The molecule has 0 aliphatic carbocycles. The van der Waals surface area contributed by atoms with Crippen LogP contribution >= 0.6 is 0 Å². The van der Waals surface area contributed by atoms with Crippen LogP contribution < -0.4 is 10.8 Å². The normalized spacial score (nSPS) is 13.2. The predicted octanol–water partition coefficient (Wildman–Crippen LogP) is -2.00. The van der Waals surface area contributed by atoms with Gasteiger partial charge in [0.1, 0.15) is 0 Å². The summed E-state index contributed by atoms with van der Waals surface area (Å²) in [5.41, 5.74) is 3.46. The topological polar surface area (TPSA) is 67.8 Å². The molecule has 0 fully saturated rings. The quantitative estimate of drug-likeness (QED) is 0.464. The summed E-state index contributed by atoms with van der Waals surface area (Å²) in [5.74, 6) is -1.34. The smallest absolute Gasteiger partial charge is 0.0821 e. The van der Waals surface area contributed by atoms with Gasteiger partial charge in [-0.2, -0.15) is 0 Å². The molecule has 0 bridgehead atoms. The monoisotopic (exact) mass is 117 g/mol. The molecule has 0 unspecified atom stereocenters. The summed E-state index contributed by atoms with van der Waals surface area (Å²) in [5, 5.41) is 10.0. The van der Waals surface area contributed by atoms with Crippen LogP contribution in [0.15, 0.2) is 0 Å². The molecule has 0 rings (SSSR count). The number of quaternary nitrogens is 1. The summed E-state index contributed by atoms with van der Waals surface area (Å²) in [7, 11) is 0. The zero-order valence-electron chi connectivity index (χ0n) is 5.02. The Labute approximate surface area is 48.5 Å². The van der Waals surface area contributed by atoms with Gasteiger partial charge in [0.25, 0.3) is 0 Å². The molecule has 3 heteroatoms. The molecule has 8 heavy (non-hydrogen) atoms. The lowest BCUT2D eigenvalue weighted by molar-refractivity contribution is -0.387. The highest BCUT2D eigenvalue weighted by molar-refractivity contribution is 5.67. The van der Waals surface area contributed by atoms with E-state index < -0.39 is 5.97 Å². The molecule has 0 aromatic carbocycles. The number of carbonyl (C=O) groups excluding carboxylic acids is 1. The summed E-state index contributed by atoms with van der Waals surface area (Å²) >= 11 is 0. The van der Waals surface area contributed by atoms with E-state index in [1.807, 2.05) is 6.92 Å². The van der Waals surface area contributed by atoms with Gasteiger partial charge in [0.2, 0.25) is 0 Å². The molecule has 0 saturated carbocycles. The Bertz CT molecular complexity index is 78.5. The van der Waals surface area contributed by atoms with Crippen LogP contribution in [0.5, 0.6) is 0 Å². The van der Waals surface area contributed by atoms with Crippen molar-refractivity contribution in [1.29, 1.82) is 0 Å². The molecule has 0 aliphatic heterocycles. The first-order valence-corrected chi connectivity index (χ1v) is 2.72. The number of rotatable bonds is 3. The Balaban J connectivity index is 3.52. The molecular formula is C5H11NO2. The summed E-state index contributed by atoms with van der Waals surface area (Å²) in [6.45, 7) is 2.24. The second-order valence-corrected chi connectivity index (χ2v) is 1.71. The number of carboxylic acid groups (broad SMARTS) is 1. The van der Waals surface area contributed by atoms with Crippen molar-refractivity contribution in [1.82, 2.24) is 0 Å². The fraction of sp³-hybridized carbons (Fsp3) is 0.800. The van der Waals surface area contributed by atoms with E-state index in [9.17, 15) is 9.90 Å². The van der Waals surface area contributed by atoms with Gasteiger partial charge in [-0.3, -0.25) is 0 Å². The van der Waals surface area contributed by atoms with Crippen LogP contribution in [-0.2, 0) is 4.79 Å². The molecule has 0 aromatic rings. The Morgan fingerprint density at radius 2 is 2.38 bits per heavy atom. The Morgan fingerprint density at radius 3 is 2.38 bits per heavy atom. The standard InChI is InChI=1S/C5H11NO2/c1-2-4(3-6)5(7)8/h4H,2-3,6H2,1H3,(H,7,8)/t4-/m1/s1. The third-order valence-corrected chi connectivity index (χ3v) is 1.17. The van der Waals surface area contributed by atoms with E-state index in [4.69, 9.17) is 0 Å². The number of carbonyl (C=O) groups is 1. The molecule has 0 radical (unpaired) electrons. The van der Waals surface area contributed by atoms with Crippen LogP contribution in [0.2, 0.25) is 0 Å². The summed E-state index contributed by atoms with van der Waals surface area (Å²) in [4.78, 5) is 10.0. The number of hydrogen-bond donors (Lipinski definition) is 1. The third kappa shape index (κ3) is 1.93. The van der Waals surface area contributed by atoms with Crippen molar-refractivity contribution < 1.29 is 15.6 Å². The lowest BCUT2D eigenvalue weighted by Gasteiger charge is -2.09. The SMILES string of the molecule is CC[C@H](C[NH3+])C(=O)[O-]. The van der Waals surface area contributed by atoms with Crippen molar-refractivity contribution >= 4 is 5.97 Å². The first-order chi connectivity index (χ1) is 3.72. The molecule has 0 amide bonds. The van der Waals surface area contributed by atoms with Crippen LogP contribution in [0, 0.1) is 5.92 Å². The van der Waals surface area contributed by atoms with Crippen LogP contribution in [0.3, 0.4) is 0 Å². The van der Waals surface area contributed by atoms with E-state index >= 15 is 0 Å². The van der Waals surface area contributed by atoms with Gasteiger partial charge in [0.05, 0.1) is 12.5 Å². The molecule has 0 aromatic heterocycles. The fourth-order valence-electron chi connectivity index (χ4n) is 0.489. The lowest BCUT2D eigenvalue weighted by atomic mass is 10.1. The lowest BCUT2D eigenvalue weighted by Crippen LogP contribution is -2.57. The molecule has 3 nitrogen and oxygen atoms in total. The number of aliphatic carboxylic acids is 1. The van der Waals surface area contributed by atoms with E-state index in [0.717, 1.165) is 0 Å². The molecule has 48 valence electrons. The van der Waals surface area contributed by atoms with Crippen molar-refractivity contribution in [2.24, 2.45) is 5.92 Å². The Hall–Kier alpha value is -0.570. The van der Waals surface area contributed by atoms with Gasteiger partial charge in [0, 0.05) is 5.92 Å². The van der Waals surface area contributed by atoms with Gasteiger partial charge in [-0.15, -0.1) is 0 Å². The van der Waals surface area contributed by atoms with Crippen LogP contribution in [0.4, 0.5) is 0 Å². The summed E-state index contributed by atoms with van der Waals surface area (Å²) in [6.07, 6.45) is 0.617. The number of hydrogen-bond acceptors (Lipinski definition) is 2. The van der Waals surface area contributed by atoms with Crippen molar-refractivity contribution in [3.05, 3.63) is 0 Å². The van der Waals surface area contributed by atoms with Gasteiger partial charge < -0.3 is 15.6 Å². The highest BCUT2D eigenvalue weighted by Crippen LogP contribution is 1.94. The van der Waals surface area contributed by atoms with E-state index in [0.29, 0.717) is 13.0 Å². The summed E-state index contributed by atoms with van der Waals surface area (Å²) in [6, 6.07) is 0. The second kappa shape index (κ2) is 3.43. The van der Waals surface area contributed by atoms with E-state index in [1.54, 1.807) is 0 Å². The van der Waals surface area contributed by atoms with Gasteiger partial charge in [-0.1, -0.05) is 6.92 Å². The minimum absolute atomic E-state index is 0.352. The van der Waals surface area contributed by atoms with Crippen molar-refractivity contribution in [2.45, 2.75) is 13.3 Å². The molecule has 0 heterocycles. The first kappa shape index (κ1) is 7.43. The van der Waals surface area contributed by atoms with Crippen molar-refractivity contribution in [3.8, 4) is 0 Å². The minimum atomic E-state index is -0.984. The average Bonchev–Trinajstić information content (AvgIpc) is 1.69. The average molecular weight is 117 g/mol. The zero-order chi connectivity index (χ0) is 6.57. The van der Waals surface area contributed by atoms with Crippen LogP contribution in [0.1, 0.15) is 13.3 Å². The van der Waals surface area contributed by atoms with Crippen molar-refractivity contribution in [3.63, 3.8) is 0 Å². The Kier molecular flexibility index (Phi) is 3.19. The zero-order valence-corrected chi connectivity index (χ0v) is 5.02. The van der Waals surface area contributed by atoms with E-state index in [-0.39, 0.29) is 5.92 Å². The molecule has 0 saturated heterocycles. The van der Waals surface area contributed by atoms with E-state index in [2.05, 4.69) is 5.73 Å².